The van der Waals surface area contributed by atoms with Crippen LogP contribution in [0.5, 0.6) is 5.75 Å². The largest absolute Gasteiger partial charge is 0.492 e. The summed E-state index contributed by atoms with van der Waals surface area (Å²) in [5.74, 6) is -0.270. The first kappa shape index (κ1) is 22.9. The SMILES string of the molecule is O=C(C1CCNCC1)N(CCOc1ccccc1)[C@@H](c1ccc(F)cc1)c1ccccc1F. The molecule has 3 aromatic rings. The van der Waals surface area contributed by atoms with Crippen LogP contribution in [0.1, 0.15) is 30.0 Å². The zero-order chi connectivity index (χ0) is 23.0. The summed E-state index contributed by atoms with van der Waals surface area (Å²) in [4.78, 5) is 15.5. The second-order valence-electron chi connectivity index (χ2n) is 8.19. The van der Waals surface area contributed by atoms with Crippen molar-refractivity contribution >= 4 is 5.91 Å². The number of benzene rings is 3. The summed E-state index contributed by atoms with van der Waals surface area (Å²) in [6, 6.07) is 21.1. The van der Waals surface area contributed by atoms with Crippen molar-refractivity contribution < 1.29 is 18.3 Å². The third-order valence-electron chi connectivity index (χ3n) is 6.01. The van der Waals surface area contributed by atoms with Crippen LogP contribution in [0.25, 0.3) is 0 Å². The minimum Gasteiger partial charge on any atom is -0.492 e. The zero-order valence-corrected chi connectivity index (χ0v) is 18.4. The standard InChI is InChI=1S/C27H28F2N2O2/c28-22-12-10-20(11-13-22)26(24-8-4-5-9-25(24)29)31(27(32)21-14-16-30-17-15-21)18-19-33-23-6-2-1-3-7-23/h1-13,21,26,30H,14-19H2/t26-/m0/s1. The Hall–Kier alpha value is -3.25. The van der Waals surface area contributed by atoms with Gasteiger partial charge in [-0.2, -0.15) is 0 Å². The summed E-state index contributed by atoms with van der Waals surface area (Å²) in [5.41, 5.74) is 1.04. The molecule has 1 amide bonds. The van der Waals surface area contributed by atoms with Gasteiger partial charge in [-0.05, 0) is 61.8 Å². The minimum absolute atomic E-state index is 0.0364. The van der Waals surface area contributed by atoms with Gasteiger partial charge < -0.3 is 15.0 Å². The Kier molecular flexibility index (Phi) is 7.68. The van der Waals surface area contributed by atoms with E-state index in [9.17, 15) is 9.18 Å². The molecule has 0 saturated carbocycles. The molecule has 3 aromatic carbocycles. The highest BCUT2D eigenvalue weighted by molar-refractivity contribution is 5.80. The highest BCUT2D eigenvalue weighted by Crippen LogP contribution is 2.33. The predicted octanol–water partition coefficient (Wildman–Crippen LogP) is 4.96. The monoisotopic (exact) mass is 450 g/mol. The topological polar surface area (TPSA) is 41.6 Å². The number of amides is 1. The number of hydrogen-bond donors (Lipinski definition) is 1. The van der Waals surface area contributed by atoms with Gasteiger partial charge in [0.2, 0.25) is 5.91 Å². The average molecular weight is 451 g/mol. The van der Waals surface area contributed by atoms with Crippen LogP contribution in [0.4, 0.5) is 8.78 Å². The minimum atomic E-state index is -0.687. The maximum Gasteiger partial charge on any atom is 0.226 e. The summed E-state index contributed by atoms with van der Waals surface area (Å²) in [6.45, 7) is 2.07. The van der Waals surface area contributed by atoms with E-state index in [1.165, 1.54) is 18.2 Å². The Morgan fingerprint density at radius 2 is 1.61 bits per heavy atom. The van der Waals surface area contributed by atoms with Gasteiger partial charge in [-0.3, -0.25) is 4.79 Å². The van der Waals surface area contributed by atoms with Crippen molar-refractivity contribution in [2.24, 2.45) is 5.92 Å². The third kappa shape index (κ3) is 5.76. The lowest BCUT2D eigenvalue weighted by Crippen LogP contribution is -2.45. The Morgan fingerprint density at radius 1 is 0.939 bits per heavy atom. The number of nitrogens with one attached hydrogen (secondary N) is 1. The smallest absolute Gasteiger partial charge is 0.226 e. The third-order valence-corrected chi connectivity index (χ3v) is 6.01. The van der Waals surface area contributed by atoms with Crippen molar-refractivity contribution in [1.82, 2.24) is 10.2 Å². The van der Waals surface area contributed by atoms with E-state index in [-0.39, 0.29) is 30.8 Å². The molecule has 0 bridgehead atoms. The molecular weight excluding hydrogens is 422 g/mol. The van der Waals surface area contributed by atoms with Crippen LogP contribution in [0.2, 0.25) is 0 Å². The van der Waals surface area contributed by atoms with Crippen molar-refractivity contribution in [3.8, 4) is 5.75 Å². The van der Waals surface area contributed by atoms with Gasteiger partial charge in [0.05, 0.1) is 12.6 Å². The molecule has 172 valence electrons. The maximum absolute atomic E-state index is 15.0. The number of nitrogens with zero attached hydrogens (tertiary/aromatic N) is 1. The number of rotatable bonds is 8. The number of piperidine rings is 1. The quantitative estimate of drug-likeness (QED) is 0.527. The first-order chi connectivity index (χ1) is 16.1. The van der Waals surface area contributed by atoms with Crippen LogP contribution in [0, 0.1) is 17.6 Å². The van der Waals surface area contributed by atoms with Crippen LogP contribution in [0.15, 0.2) is 78.9 Å². The summed E-state index contributed by atoms with van der Waals surface area (Å²) in [5, 5.41) is 3.28. The fraction of sp³-hybridized carbons (Fsp3) is 0.296. The number of carbonyl (C=O) groups is 1. The van der Waals surface area contributed by atoms with Crippen LogP contribution >= 0.6 is 0 Å². The van der Waals surface area contributed by atoms with Crippen LogP contribution in [0.3, 0.4) is 0 Å². The molecule has 1 N–H and O–H groups in total. The van der Waals surface area contributed by atoms with Gasteiger partial charge in [0.1, 0.15) is 24.0 Å². The van der Waals surface area contributed by atoms with Gasteiger partial charge in [-0.15, -0.1) is 0 Å². The molecule has 0 aromatic heterocycles. The summed E-state index contributed by atoms with van der Waals surface area (Å²) in [7, 11) is 0. The molecule has 0 radical (unpaired) electrons. The van der Waals surface area contributed by atoms with E-state index in [4.69, 9.17) is 4.74 Å². The van der Waals surface area contributed by atoms with Crippen LogP contribution in [-0.4, -0.2) is 37.0 Å². The van der Waals surface area contributed by atoms with E-state index >= 15 is 4.39 Å². The van der Waals surface area contributed by atoms with Gasteiger partial charge in [0, 0.05) is 11.5 Å². The van der Waals surface area contributed by atoms with Gasteiger partial charge in [-0.25, -0.2) is 8.78 Å². The van der Waals surface area contributed by atoms with Gasteiger partial charge in [0.25, 0.3) is 0 Å². The Balaban J connectivity index is 1.68. The van der Waals surface area contributed by atoms with Crippen molar-refractivity contribution in [2.45, 2.75) is 18.9 Å². The molecule has 4 nitrogen and oxygen atoms in total. The molecule has 1 heterocycles. The number of para-hydroxylation sites is 1. The van der Waals surface area contributed by atoms with Gasteiger partial charge >= 0.3 is 0 Å². The highest BCUT2D eigenvalue weighted by Gasteiger charge is 2.33. The van der Waals surface area contributed by atoms with E-state index in [1.807, 2.05) is 30.3 Å². The van der Waals surface area contributed by atoms with Gasteiger partial charge in [-0.1, -0.05) is 48.5 Å². The zero-order valence-electron chi connectivity index (χ0n) is 18.4. The lowest BCUT2D eigenvalue weighted by atomic mass is 9.92. The molecule has 0 spiro atoms. The van der Waals surface area contributed by atoms with E-state index < -0.39 is 11.9 Å². The summed E-state index contributed by atoms with van der Waals surface area (Å²) in [6.07, 6.45) is 1.45. The Labute approximate surface area is 193 Å². The van der Waals surface area contributed by atoms with Crippen LogP contribution < -0.4 is 10.1 Å². The molecule has 1 aliphatic heterocycles. The second kappa shape index (κ2) is 11.1. The summed E-state index contributed by atoms with van der Waals surface area (Å²) >= 11 is 0. The molecule has 33 heavy (non-hydrogen) atoms. The first-order valence-corrected chi connectivity index (χ1v) is 11.3. The average Bonchev–Trinajstić information content (AvgIpc) is 2.86. The molecule has 1 fully saturated rings. The molecule has 4 rings (SSSR count). The number of ether oxygens (including phenoxy) is 1. The van der Waals surface area contributed by atoms with Crippen LogP contribution in [-0.2, 0) is 4.79 Å². The normalized spacial score (nSPS) is 15.1. The number of halogens is 2. The molecule has 1 atom stereocenters. The molecule has 1 aliphatic rings. The fourth-order valence-electron chi connectivity index (χ4n) is 4.32. The predicted molar refractivity (Wildman–Crippen MR) is 124 cm³/mol. The number of carbonyl (C=O) groups excluding carboxylic acids is 1. The molecule has 0 aliphatic carbocycles. The van der Waals surface area contributed by atoms with E-state index in [1.54, 1.807) is 35.2 Å². The van der Waals surface area contributed by atoms with Gasteiger partial charge in [0.15, 0.2) is 0 Å². The van der Waals surface area contributed by atoms with E-state index in [2.05, 4.69) is 5.32 Å². The molecule has 0 unspecified atom stereocenters. The second-order valence-corrected chi connectivity index (χ2v) is 8.19. The van der Waals surface area contributed by atoms with E-state index in [0.29, 0.717) is 16.9 Å². The highest BCUT2D eigenvalue weighted by atomic mass is 19.1. The lowest BCUT2D eigenvalue weighted by molar-refractivity contribution is -0.138. The Bertz CT molecular complexity index is 1040. The molecule has 6 heteroatoms. The number of hydrogen-bond acceptors (Lipinski definition) is 3. The maximum atomic E-state index is 15.0. The van der Waals surface area contributed by atoms with Crippen molar-refractivity contribution in [3.63, 3.8) is 0 Å². The van der Waals surface area contributed by atoms with E-state index in [0.717, 1.165) is 25.9 Å². The van der Waals surface area contributed by atoms with Crippen molar-refractivity contribution in [1.29, 1.82) is 0 Å². The lowest BCUT2D eigenvalue weighted by Gasteiger charge is -2.36. The first-order valence-electron chi connectivity index (χ1n) is 11.3. The van der Waals surface area contributed by atoms with Crippen molar-refractivity contribution in [2.75, 3.05) is 26.2 Å². The summed E-state index contributed by atoms with van der Waals surface area (Å²) < 4.78 is 34.6. The molecular formula is C27H28F2N2O2. The Morgan fingerprint density at radius 3 is 2.30 bits per heavy atom. The molecule has 1 saturated heterocycles. The fourth-order valence-corrected chi connectivity index (χ4v) is 4.32. The van der Waals surface area contributed by atoms with Crippen molar-refractivity contribution in [3.05, 3.63) is 102 Å².